The third-order valence-corrected chi connectivity index (χ3v) is 3.82. The van der Waals surface area contributed by atoms with E-state index in [1.54, 1.807) is 18.2 Å². The van der Waals surface area contributed by atoms with Crippen LogP contribution in [0.5, 0.6) is 0 Å². The van der Waals surface area contributed by atoms with Crippen LogP contribution in [0, 0.1) is 0 Å². The molecule has 0 aromatic carbocycles. The van der Waals surface area contributed by atoms with E-state index in [2.05, 4.69) is 20.2 Å². The van der Waals surface area contributed by atoms with Gasteiger partial charge in [0.05, 0.1) is 31.1 Å². The summed E-state index contributed by atoms with van der Waals surface area (Å²) in [6.45, 7) is 5.38. The highest BCUT2D eigenvalue weighted by molar-refractivity contribution is 5.95. The largest absolute Gasteiger partial charge is 0.379 e. The molecule has 0 bridgehead atoms. The lowest BCUT2D eigenvalue weighted by atomic mass is 10.2. The number of aromatic nitrogens is 2. The van der Waals surface area contributed by atoms with Crippen molar-refractivity contribution < 1.29 is 14.3 Å². The van der Waals surface area contributed by atoms with Gasteiger partial charge in [-0.15, -0.1) is 0 Å². The standard InChI is InChI=1S/C16H27N5O3/c1-20(2)16-18-11-13(14(19-16)12-23-3)15(22)17-5-4-6-21-7-9-24-10-8-21/h11H,4-10,12H2,1-3H3,(H,17,22). The van der Waals surface area contributed by atoms with E-state index in [1.807, 2.05) is 14.1 Å². The maximum Gasteiger partial charge on any atom is 0.254 e. The summed E-state index contributed by atoms with van der Waals surface area (Å²) in [5, 5.41) is 2.94. The molecule has 1 saturated heterocycles. The maximum atomic E-state index is 12.4. The van der Waals surface area contributed by atoms with Gasteiger partial charge in [-0.3, -0.25) is 9.69 Å². The lowest BCUT2D eigenvalue weighted by Gasteiger charge is -2.26. The zero-order valence-corrected chi connectivity index (χ0v) is 14.7. The van der Waals surface area contributed by atoms with E-state index in [1.165, 1.54) is 0 Å². The minimum Gasteiger partial charge on any atom is -0.379 e. The fourth-order valence-electron chi connectivity index (χ4n) is 2.48. The number of hydrogen-bond acceptors (Lipinski definition) is 7. The molecule has 8 heteroatoms. The monoisotopic (exact) mass is 337 g/mol. The third-order valence-electron chi connectivity index (χ3n) is 3.82. The van der Waals surface area contributed by atoms with Crippen molar-refractivity contribution in [2.24, 2.45) is 0 Å². The van der Waals surface area contributed by atoms with Crippen molar-refractivity contribution >= 4 is 11.9 Å². The van der Waals surface area contributed by atoms with Gasteiger partial charge in [-0.2, -0.15) is 0 Å². The van der Waals surface area contributed by atoms with Crippen LogP contribution in [-0.4, -0.2) is 81.4 Å². The quantitative estimate of drug-likeness (QED) is 0.676. The summed E-state index contributed by atoms with van der Waals surface area (Å²) in [7, 11) is 5.30. The predicted octanol–water partition coefficient (Wildman–Crippen LogP) is 0.141. The van der Waals surface area contributed by atoms with Crippen LogP contribution in [0.25, 0.3) is 0 Å². The van der Waals surface area contributed by atoms with Gasteiger partial charge < -0.3 is 19.7 Å². The van der Waals surface area contributed by atoms with Crippen LogP contribution in [0.4, 0.5) is 5.95 Å². The van der Waals surface area contributed by atoms with Crippen LogP contribution in [0.3, 0.4) is 0 Å². The number of morpholine rings is 1. The Morgan fingerprint density at radius 1 is 1.42 bits per heavy atom. The van der Waals surface area contributed by atoms with Gasteiger partial charge in [0.25, 0.3) is 5.91 Å². The summed E-state index contributed by atoms with van der Waals surface area (Å²) in [6, 6.07) is 0. The van der Waals surface area contributed by atoms with E-state index < -0.39 is 0 Å². The van der Waals surface area contributed by atoms with Crippen LogP contribution in [0.2, 0.25) is 0 Å². The third kappa shape index (κ3) is 5.40. The Bertz CT molecular complexity index is 532. The summed E-state index contributed by atoms with van der Waals surface area (Å²) in [4.78, 5) is 25.1. The van der Waals surface area contributed by atoms with Crippen LogP contribution >= 0.6 is 0 Å². The van der Waals surface area contributed by atoms with Crippen molar-refractivity contribution in [1.82, 2.24) is 20.2 Å². The van der Waals surface area contributed by atoms with Crippen LogP contribution in [-0.2, 0) is 16.1 Å². The number of carbonyl (C=O) groups is 1. The summed E-state index contributed by atoms with van der Waals surface area (Å²) in [5.74, 6) is 0.403. The van der Waals surface area contributed by atoms with Gasteiger partial charge in [0.15, 0.2) is 0 Å². The number of hydrogen-bond donors (Lipinski definition) is 1. The minimum atomic E-state index is -0.158. The average molecular weight is 337 g/mol. The molecule has 1 aromatic rings. The number of amides is 1. The summed E-state index contributed by atoms with van der Waals surface area (Å²) < 4.78 is 10.5. The molecule has 0 aliphatic carbocycles. The molecule has 1 amide bonds. The number of carbonyl (C=O) groups excluding carboxylic acids is 1. The van der Waals surface area contributed by atoms with Crippen molar-refractivity contribution in [3.05, 3.63) is 17.5 Å². The zero-order valence-electron chi connectivity index (χ0n) is 14.7. The molecule has 2 heterocycles. The van der Waals surface area contributed by atoms with Crippen molar-refractivity contribution in [3.63, 3.8) is 0 Å². The molecule has 134 valence electrons. The number of methoxy groups -OCH3 is 1. The molecule has 0 unspecified atom stereocenters. The molecule has 1 aliphatic rings. The highest BCUT2D eigenvalue weighted by Crippen LogP contribution is 2.11. The molecular formula is C16H27N5O3. The smallest absolute Gasteiger partial charge is 0.254 e. The Kier molecular flexibility index (Phi) is 7.36. The Hall–Kier alpha value is -1.77. The van der Waals surface area contributed by atoms with Crippen LogP contribution in [0.15, 0.2) is 6.20 Å². The molecule has 2 rings (SSSR count). The number of anilines is 1. The van der Waals surface area contributed by atoms with Gasteiger partial charge in [-0.1, -0.05) is 0 Å². The second kappa shape index (κ2) is 9.51. The Morgan fingerprint density at radius 3 is 2.83 bits per heavy atom. The van der Waals surface area contributed by atoms with Crippen molar-refractivity contribution in [1.29, 1.82) is 0 Å². The normalized spacial score (nSPS) is 15.3. The van der Waals surface area contributed by atoms with E-state index in [-0.39, 0.29) is 12.5 Å². The van der Waals surface area contributed by atoms with Crippen LogP contribution < -0.4 is 10.2 Å². The maximum absolute atomic E-state index is 12.4. The second-order valence-corrected chi connectivity index (χ2v) is 5.92. The molecule has 1 fully saturated rings. The first-order valence-corrected chi connectivity index (χ1v) is 8.22. The molecule has 24 heavy (non-hydrogen) atoms. The topological polar surface area (TPSA) is 79.8 Å². The molecule has 0 spiro atoms. The van der Waals surface area contributed by atoms with E-state index in [0.717, 1.165) is 39.3 Å². The van der Waals surface area contributed by atoms with E-state index >= 15 is 0 Å². The number of ether oxygens (including phenoxy) is 2. The van der Waals surface area contributed by atoms with Gasteiger partial charge in [0, 0.05) is 47.0 Å². The van der Waals surface area contributed by atoms with Crippen molar-refractivity contribution in [2.45, 2.75) is 13.0 Å². The number of nitrogens with zero attached hydrogens (tertiary/aromatic N) is 4. The summed E-state index contributed by atoms with van der Waals surface area (Å²) in [6.07, 6.45) is 2.47. The number of nitrogens with one attached hydrogen (secondary N) is 1. The summed E-state index contributed by atoms with van der Waals surface area (Å²) >= 11 is 0. The molecule has 8 nitrogen and oxygen atoms in total. The molecule has 1 aromatic heterocycles. The lowest BCUT2D eigenvalue weighted by Crippen LogP contribution is -2.38. The lowest BCUT2D eigenvalue weighted by molar-refractivity contribution is 0.0374. The number of rotatable bonds is 8. The Labute approximate surface area is 143 Å². The first-order chi connectivity index (χ1) is 11.6. The fourth-order valence-corrected chi connectivity index (χ4v) is 2.48. The zero-order chi connectivity index (χ0) is 17.4. The van der Waals surface area contributed by atoms with Gasteiger partial charge >= 0.3 is 0 Å². The molecular weight excluding hydrogens is 310 g/mol. The average Bonchev–Trinajstić information content (AvgIpc) is 2.59. The highest BCUT2D eigenvalue weighted by Gasteiger charge is 2.15. The fraction of sp³-hybridized carbons (Fsp3) is 0.688. The first kappa shape index (κ1) is 18.6. The SMILES string of the molecule is COCc1nc(N(C)C)ncc1C(=O)NCCCN1CCOCC1. The molecule has 0 radical (unpaired) electrons. The molecule has 1 N–H and O–H groups in total. The van der Waals surface area contributed by atoms with Gasteiger partial charge in [-0.25, -0.2) is 9.97 Å². The Morgan fingerprint density at radius 2 is 2.17 bits per heavy atom. The summed E-state index contributed by atoms with van der Waals surface area (Å²) in [5.41, 5.74) is 1.07. The van der Waals surface area contributed by atoms with E-state index in [9.17, 15) is 4.79 Å². The van der Waals surface area contributed by atoms with Gasteiger partial charge in [0.2, 0.25) is 5.95 Å². The van der Waals surface area contributed by atoms with Crippen LogP contribution in [0.1, 0.15) is 22.5 Å². The minimum absolute atomic E-state index is 0.158. The van der Waals surface area contributed by atoms with E-state index in [0.29, 0.717) is 23.8 Å². The van der Waals surface area contributed by atoms with E-state index in [4.69, 9.17) is 9.47 Å². The van der Waals surface area contributed by atoms with Crippen molar-refractivity contribution in [3.8, 4) is 0 Å². The van der Waals surface area contributed by atoms with Gasteiger partial charge in [-0.05, 0) is 13.0 Å². The highest BCUT2D eigenvalue weighted by atomic mass is 16.5. The predicted molar refractivity (Wildman–Crippen MR) is 91.3 cm³/mol. The molecule has 0 saturated carbocycles. The molecule has 1 aliphatic heterocycles. The Balaban J connectivity index is 1.86. The van der Waals surface area contributed by atoms with Crippen molar-refractivity contribution in [2.75, 3.05) is 65.5 Å². The first-order valence-electron chi connectivity index (χ1n) is 8.22. The van der Waals surface area contributed by atoms with Gasteiger partial charge in [0.1, 0.15) is 0 Å². The second-order valence-electron chi connectivity index (χ2n) is 5.92. The molecule has 0 atom stereocenters.